The van der Waals surface area contributed by atoms with Gasteiger partial charge in [0, 0.05) is 71.4 Å². The molecule has 0 unspecified atom stereocenters. The van der Waals surface area contributed by atoms with Crippen LogP contribution in [0.4, 0.5) is 28.6 Å². The van der Waals surface area contributed by atoms with Gasteiger partial charge in [-0.15, -0.1) is 0 Å². The number of pyridine rings is 4. The van der Waals surface area contributed by atoms with Crippen molar-refractivity contribution in [2.45, 2.75) is 40.7 Å². The number of nitrogen functional groups attached to an aromatic ring is 3. The summed E-state index contributed by atoms with van der Waals surface area (Å²) in [5.41, 5.74) is 26.0. The molecule has 0 aliphatic rings. The molecule has 3 aromatic carbocycles. The second-order valence-electron chi connectivity index (χ2n) is 13.5. The third-order valence-electron chi connectivity index (χ3n) is 8.81. The van der Waals surface area contributed by atoms with Crippen molar-refractivity contribution in [3.63, 3.8) is 0 Å². The van der Waals surface area contributed by atoms with Gasteiger partial charge in [0.05, 0.1) is 26.1 Å². The Labute approximate surface area is 355 Å². The highest BCUT2D eigenvalue weighted by molar-refractivity contribution is 6.31. The fourth-order valence-electron chi connectivity index (χ4n) is 6.04. The smallest absolute Gasteiger partial charge is 0.295 e. The highest BCUT2D eigenvalue weighted by atomic mass is 35.5. The Morgan fingerprint density at radius 2 is 1.51 bits per heavy atom. The summed E-state index contributed by atoms with van der Waals surface area (Å²) >= 11 is 6.07. The Balaban J connectivity index is 0.000000230. The van der Waals surface area contributed by atoms with Crippen molar-refractivity contribution in [3.8, 4) is 0 Å². The lowest BCUT2D eigenvalue weighted by Gasteiger charge is -2.12. The Morgan fingerprint density at radius 1 is 0.803 bits per heavy atom. The van der Waals surface area contributed by atoms with Crippen LogP contribution in [0.1, 0.15) is 49.6 Å². The Hall–Kier alpha value is -7.85. The molecule has 4 heterocycles. The van der Waals surface area contributed by atoms with Crippen LogP contribution in [-0.2, 0) is 17.8 Å². The van der Waals surface area contributed by atoms with Crippen LogP contribution in [-0.4, -0.2) is 42.0 Å². The number of carbonyl (C=O) groups is 2. The molecule has 1 amide bonds. The van der Waals surface area contributed by atoms with Crippen molar-refractivity contribution in [1.29, 1.82) is 0 Å². The zero-order chi connectivity index (χ0) is 44.8. The molecule has 0 fully saturated rings. The molecule has 0 radical (unpaired) electrons. The van der Waals surface area contributed by atoms with E-state index in [2.05, 4.69) is 31.8 Å². The molecule has 312 valence electrons. The number of aryl methyl sites for hydroxylation is 4. The fraction of sp³-hybridized carbons (Fsp3) is 0.136. The van der Waals surface area contributed by atoms with Gasteiger partial charge in [0.25, 0.3) is 17.3 Å². The number of carbonyl (C=O) groups excluding carboxylic acids is 2. The number of amides is 1. The average Bonchev–Trinajstić information content (AvgIpc) is 3.21. The van der Waals surface area contributed by atoms with Gasteiger partial charge in [-0.2, -0.15) is 0 Å². The number of aldehydes is 1. The summed E-state index contributed by atoms with van der Waals surface area (Å²) in [5.74, 6) is 0.291. The first-order valence-electron chi connectivity index (χ1n) is 18.4. The van der Waals surface area contributed by atoms with Gasteiger partial charge >= 0.3 is 0 Å². The summed E-state index contributed by atoms with van der Waals surface area (Å²) in [6.45, 7) is 10.9. The van der Waals surface area contributed by atoms with E-state index < -0.39 is 9.85 Å². The highest BCUT2D eigenvalue weighted by Crippen LogP contribution is 2.27. The third kappa shape index (κ3) is 12.8. The normalized spacial score (nSPS) is 10.2. The molecule has 16 nitrogen and oxygen atoms in total. The SMILES string of the molecule is C=CC=O.Cc1cc(N)nc(C)c1CNC(=O)c1ccnc(Cc2cc(N)c3ncc(Cl)cc3c2)c1.Cc1cc([N+](=O)[O-])c2ncccc2c1.Cc1ccc(N)c([N+](=O)[O-])c1. The van der Waals surface area contributed by atoms with E-state index in [-0.39, 0.29) is 23.0 Å². The van der Waals surface area contributed by atoms with Crippen molar-refractivity contribution in [3.05, 3.63) is 180 Å². The Kier molecular flexibility index (Phi) is 16.0. The average molecular weight is 843 g/mol. The maximum atomic E-state index is 12.8. The number of aromatic nitrogens is 4. The number of rotatable bonds is 8. The summed E-state index contributed by atoms with van der Waals surface area (Å²) in [4.78, 5) is 58.9. The molecule has 0 aliphatic heterocycles. The van der Waals surface area contributed by atoms with Crippen LogP contribution in [0.5, 0.6) is 0 Å². The lowest BCUT2D eigenvalue weighted by Crippen LogP contribution is -2.24. The number of nitro groups is 2. The summed E-state index contributed by atoms with van der Waals surface area (Å²) in [7, 11) is 0. The maximum absolute atomic E-state index is 12.8. The van der Waals surface area contributed by atoms with Gasteiger partial charge < -0.3 is 22.5 Å². The molecule has 7 rings (SSSR count). The Bertz CT molecular complexity index is 2730. The lowest BCUT2D eigenvalue weighted by atomic mass is 10.0. The van der Waals surface area contributed by atoms with Gasteiger partial charge in [-0.1, -0.05) is 30.3 Å². The zero-order valence-electron chi connectivity index (χ0n) is 33.8. The molecule has 61 heavy (non-hydrogen) atoms. The van der Waals surface area contributed by atoms with E-state index in [0.29, 0.717) is 52.4 Å². The molecule has 4 aromatic heterocycles. The number of hydrogen-bond acceptors (Lipinski definition) is 13. The molecule has 17 heteroatoms. The lowest BCUT2D eigenvalue weighted by molar-refractivity contribution is -0.384. The monoisotopic (exact) mass is 842 g/mol. The number of anilines is 3. The first kappa shape index (κ1) is 45.8. The predicted octanol–water partition coefficient (Wildman–Crippen LogP) is 8.29. The summed E-state index contributed by atoms with van der Waals surface area (Å²) in [6.07, 6.45) is 7.12. The maximum Gasteiger partial charge on any atom is 0.295 e. The van der Waals surface area contributed by atoms with Gasteiger partial charge in [-0.3, -0.25) is 39.8 Å². The fourth-order valence-corrected chi connectivity index (χ4v) is 6.21. The van der Waals surface area contributed by atoms with E-state index in [1.165, 1.54) is 24.3 Å². The number of nitrogens with zero attached hydrogens (tertiary/aromatic N) is 6. The van der Waals surface area contributed by atoms with Crippen molar-refractivity contribution in [2.75, 3.05) is 17.2 Å². The van der Waals surface area contributed by atoms with Gasteiger partial charge in [-0.25, -0.2) is 9.97 Å². The summed E-state index contributed by atoms with van der Waals surface area (Å²) in [5, 5.41) is 26.2. The van der Waals surface area contributed by atoms with Crippen LogP contribution in [0.15, 0.2) is 110 Å². The van der Waals surface area contributed by atoms with Crippen molar-refractivity contribution in [1.82, 2.24) is 25.3 Å². The van der Waals surface area contributed by atoms with Crippen LogP contribution in [0, 0.1) is 47.9 Å². The first-order valence-corrected chi connectivity index (χ1v) is 18.7. The number of non-ortho nitro benzene ring substituents is 1. The Morgan fingerprint density at radius 3 is 2.16 bits per heavy atom. The second kappa shape index (κ2) is 21.2. The van der Waals surface area contributed by atoms with Gasteiger partial charge in [-0.05, 0) is 116 Å². The quantitative estimate of drug-likeness (QED) is 0.0369. The molecule has 0 saturated heterocycles. The number of allylic oxidation sites excluding steroid dienone is 1. The minimum absolute atomic E-state index is 0.0231. The molecule has 7 N–H and O–H groups in total. The van der Waals surface area contributed by atoms with E-state index in [4.69, 9.17) is 33.6 Å². The van der Waals surface area contributed by atoms with E-state index in [0.717, 1.165) is 50.0 Å². The molecular weight excluding hydrogens is 800 g/mol. The van der Waals surface area contributed by atoms with Crippen LogP contribution < -0.4 is 22.5 Å². The molecule has 7 aromatic rings. The topological polar surface area (TPSA) is 262 Å². The van der Waals surface area contributed by atoms with Crippen molar-refractivity contribution < 1.29 is 19.4 Å². The van der Waals surface area contributed by atoms with E-state index in [1.807, 2.05) is 51.1 Å². The summed E-state index contributed by atoms with van der Waals surface area (Å²) < 4.78 is 0. The molecule has 0 atom stereocenters. The molecular formula is C44H43ClN10O6. The van der Waals surface area contributed by atoms with Crippen LogP contribution in [0.3, 0.4) is 0 Å². The minimum atomic E-state index is -0.484. The van der Waals surface area contributed by atoms with Crippen molar-refractivity contribution >= 4 is 74.2 Å². The van der Waals surface area contributed by atoms with Gasteiger partial charge in [0.2, 0.25) is 0 Å². The second-order valence-corrected chi connectivity index (χ2v) is 14.0. The number of halogens is 1. The summed E-state index contributed by atoms with van der Waals surface area (Å²) in [6, 6.07) is 22.7. The number of fused-ring (bicyclic) bond motifs is 2. The zero-order valence-corrected chi connectivity index (χ0v) is 34.5. The number of nitro benzene ring substituents is 2. The van der Waals surface area contributed by atoms with E-state index >= 15 is 0 Å². The van der Waals surface area contributed by atoms with Crippen LogP contribution >= 0.6 is 11.6 Å². The molecule has 0 bridgehead atoms. The predicted molar refractivity (Wildman–Crippen MR) is 239 cm³/mol. The standard InChI is InChI=1S/C24H23ClN6O.C10H8N2O2.C7H8N2O2.C3H4O/c1-13-5-22(27)31-14(2)20(13)12-30-24(32)16-3-4-28-19(10-16)7-15-6-17-9-18(25)11-29-23(17)21(26)8-15;1-7-5-8-3-2-4-11-10(8)9(6-7)12(13)14;1-5-2-3-6(8)7(4-5)9(10)11;1-2-3-4/h3-6,8-11H,7,12,26H2,1-2H3,(H2,27,31)(H,30,32);2-6H,1H3;2-4H,8H2,1H3;2-3H,1H2. The number of hydrogen-bond donors (Lipinski definition) is 4. The van der Waals surface area contributed by atoms with Gasteiger partial charge in [0.1, 0.15) is 23.3 Å². The molecule has 0 spiro atoms. The number of nitrogens with two attached hydrogens (primary N) is 3. The number of nitrogens with one attached hydrogen (secondary N) is 1. The highest BCUT2D eigenvalue weighted by Gasteiger charge is 2.14. The van der Waals surface area contributed by atoms with Crippen LogP contribution in [0.25, 0.3) is 21.8 Å². The van der Waals surface area contributed by atoms with Crippen molar-refractivity contribution in [2.24, 2.45) is 0 Å². The molecule has 0 aliphatic carbocycles. The van der Waals surface area contributed by atoms with Gasteiger partial charge in [0.15, 0.2) is 0 Å². The van der Waals surface area contributed by atoms with E-state index in [1.54, 1.807) is 55.8 Å². The molecule has 0 saturated carbocycles. The first-order chi connectivity index (χ1) is 29.0. The van der Waals surface area contributed by atoms with E-state index in [9.17, 15) is 25.0 Å². The largest absolute Gasteiger partial charge is 0.397 e. The van der Waals surface area contributed by atoms with Crippen LogP contribution in [0.2, 0.25) is 5.02 Å². The number of benzene rings is 3. The third-order valence-corrected chi connectivity index (χ3v) is 9.01. The minimum Gasteiger partial charge on any atom is -0.397 e.